The van der Waals surface area contributed by atoms with Crippen LogP contribution in [0.4, 0.5) is 0 Å². The molecular weight excluding hydrogens is 346 g/mol. The highest BCUT2D eigenvalue weighted by Gasteiger charge is 2.35. The topological polar surface area (TPSA) is 117 Å². The van der Waals surface area contributed by atoms with E-state index in [-0.39, 0.29) is 24.3 Å². The average molecular weight is 369 g/mol. The second-order valence-corrected chi connectivity index (χ2v) is 7.13. The Bertz CT molecular complexity index is 801. The van der Waals surface area contributed by atoms with E-state index in [1.807, 2.05) is 4.90 Å². The second kappa shape index (κ2) is 7.81. The van der Waals surface area contributed by atoms with Gasteiger partial charge < -0.3 is 10.2 Å². The van der Waals surface area contributed by atoms with E-state index in [0.29, 0.717) is 42.8 Å². The maximum Gasteiger partial charge on any atom is 0.225 e. The molecule has 2 aromatic heterocycles. The predicted molar refractivity (Wildman–Crippen MR) is 95.9 cm³/mol. The van der Waals surface area contributed by atoms with Crippen molar-refractivity contribution in [3.05, 3.63) is 24.4 Å². The summed E-state index contributed by atoms with van der Waals surface area (Å²) in [5, 5.41) is 9.84. The van der Waals surface area contributed by atoms with Gasteiger partial charge in [0, 0.05) is 31.4 Å². The van der Waals surface area contributed by atoms with Crippen LogP contribution >= 0.6 is 0 Å². The molecule has 1 saturated carbocycles. The van der Waals surface area contributed by atoms with Crippen LogP contribution in [0.3, 0.4) is 0 Å². The van der Waals surface area contributed by atoms with Crippen LogP contribution in [-0.2, 0) is 16.1 Å². The Hall–Kier alpha value is -2.84. The van der Waals surface area contributed by atoms with Crippen LogP contribution in [0.25, 0.3) is 11.5 Å². The zero-order valence-electron chi connectivity index (χ0n) is 15.1. The number of carbonyl (C=O) groups is 2. The normalized spacial score (nSPS) is 20.8. The second-order valence-electron chi connectivity index (χ2n) is 7.13. The molecule has 2 aliphatic rings. The van der Waals surface area contributed by atoms with E-state index < -0.39 is 0 Å². The van der Waals surface area contributed by atoms with Gasteiger partial charge in [-0.2, -0.15) is 5.10 Å². The van der Waals surface area contributed by atoms with Crippen LogP contribution in [0.15, 0.2) is 18.6 Å². The number of nitrogens with one attached hydrogen (secondary N) is 2. The monoisotopic (exact) mass is 369 g/mol. The molecule has 2 N–H and O–H groups in total. The molecule has 9 heteroatoms. The number of rotatable bonds is 5. The van der Waals surface area contributed by atoms with Crippen molar-refractivity contribution in [3.63, 3.8) is 0 Å². The molecule has 142 valence electrons. The van der Waals surface area contributed by atoms with E-state index >= 15 is 0 Å². The highest BCUT2D eigenvalue weighted by Crippen LogP contribution is 2.28. The summed E-state index contributed by atoms with van der Waals surface area (Å²) in [6, 6.07) is 0.317. The average Bonchev–Trinajstić information content (AvgIpc) is 3.39. The van der Waals surface area contributed by atoms with Gasteiger partial charge in [0.25, 0.3) is 0 Å². The van der Waals surface area contributed by atoms with E-state index in [1.54, 1.807) is 18.6 Å². The molecule has 9 nitrogen and oxygen atoms in total. The van der Waals surface area contributed by atoms with E-state index in [1.165, 1.54) is 12.8 Å². The third kappa shape index (κ3) is 3.96. The largest absolute Gasteiger partial charge is 0.349 e. The third-order valence-electron chi connectivity index (χ3n) is 5.33. The Morgan fingerprint density at radius 2 is 2.11 bits per heavy atom. The van der Waals surface area contributed by atoms with Gasteiger partial charge in [0.2, 0.25) is 17.6 Å². The third-order valence-corrected chi connectivity index (χ3v) is 5.33. The SMILES string of the molecule is O=C(NCc1nc(-c2cnccn2)n[nH]1)C1CCC(=O)N(C2CCCC2)C1. The van der Waals surface area contributed by atoms with E-state index in [9.17, 15) is 9.59 Å². The number of nitrogens with zero attached hydrogens (tertiary/aromatic N) is 5. The molecule has 0 aromatic carbocycles. The van der Waals surface area contributed by atoms with Crippen LogP contribution in [0, 0.1) is 5.92 Å². The summed E-state index contributed by atoms with van der Waals surface area (Å²) in [5.41, 5.74) is 0.573. The molecule has 3 heterocycles. The lowest BCUT2D eigenvalue weighted by Crippen LogP contribution is -2.49. The van der Waals surface area contributed by atoms with Crippen LogP contribution in [0.1, 0.15) is 44.3 Å². The Morgan fingerprint density at radius 1 is 1.26 bits per heavy atom. The number of likely N-dealkylation sites (tertiary alicyclic amines) is 1. The number of aromatic amines is 1. The van der Waals surface area contributed by atoms with Crippen molar-refractivity contribution < 1.29 is 9.59 Å². The highest BCUT2D eigenvalue weighted by molar-refractivity contribution is 5.84. The van der Waals surface area contributed by atoms with Crippen molar-refractivity contribution in [1.29, 1.82) is 0 Å². The van der Waals surface area contributed by atoms with Crippen molar-refractivity contribution in [2.75, 3.05) is 6.54 Å². The minimum atomic E-state index is -0.161. The summed E-state index contributed by atoms with van der Waals surface area (Å²) in [7, 11) is 0. The standard InChI is InChI=1S/C18H23N7O2/c26-16-6-5-12(11-25(16)13-3-1-2-4-13)18(27)21-10-15-22-17(24-23-15)14-9-19-7-8-20-14/h7-9,12-13H,1-6,10-11H2,(H,21,27)(H,22,23,24). The Labute approximate surface area is 157 Å². The highest BCUT2D eigenvalue weighted by atomic mass is 16.2. The van der Waals surface area contributed by atoms with Gasteiger partial charge in [-0.15, -0.1) is 0 Å². The molecule has 0 spiro atoms. The van der Waals surface area contributed by atoms with Gasteiger partial charge >= 0.3 is 0 Å². The fourth-order valence-corrected chi connectivity index (χ4v) is 3.87. The van der Waals surface area contributed by atoms with Crippen molar-refractivity contribution >= 4 is 11.8 Å². The molecule has 2 fully saturated rings. The Morgan fingerprint density at radius 3 is 2.89 bits per heavy atom. The molecule has 1 aliphatic carbocycles. The van der Waals surface area contributed by atoms with Gasteiger partial charge in [-0.3, -0.25) is 19.7 Å². The number of amides is 2. The first-order valence-electron chi connectivity index (χ1n) is 9.45. The van der Waals surface area contributed by atoms with Crippen LogP contribution < -0.4 is 5.32 Å². The molecule has 1 atom stereocenters. The minimum absolute atomic E-state index is 0.0389. The molecule has 2 amide bonds. The summed E-state index contributed by atoms with van der Waals surface area (Å²) < 4.78 is 0. The lowest BCUT2D eigenvalue weighted by Gasteiger charge is -2.36. The lowest BCUT2D eigenvalue weighted by molar-refractivity contribution is -0.140. The fourth-order valence-electron chi connectivity index (χ4n) is 3.87. The summed E-state index contributed by atoms with van der Waals surface area (Å²) in [4.78, 5) is 39.2. The number of carbonyl (C=O) groups excluding carboxylic acids is 2. The van der Waals surface area contributed by atoms with Gasteiger partial charge in [0.1, 0.15) is 11.5 Å². The van der Waals surface area contributed by atoms with E-state index in [4.69, 9.17) is 0 Å². The number of hydrogen-bond acceptors (Lipinski definition) is 6. The molecular formula is C18H23N7O2. The zero-order chi connectivity index (χ0) is 18.6. The quantitative estimate of drug-likeness (QED) is 0.814. The molecule has 4 rings (SSSR count). The van der Waals surface area contributed by atoms with Crippen molar-refractivity contribution in [3.8, 4) is 11.5 Å². The molecule has 27 heavy (non-hydrogen) atoms. The van der Waals surface area contributed by atoms with E-state index in [2.05, 4.69) is 30.5 Å². The Balaban J connectivity index is 1.33. The predicted octanol–water partition coefficient (Wildman–Crippen LogP) is 1.06. The number of hydrogen-bond donors (Lipinski definition) is 2. The summed E-state index contributed by atoms with van der Waals surface area (Å²) >= 11 is 0. The summed E-state index contributed by atoms with van der Waals surface area (Å²) in [5.74, 6) is 0.995. The van der Waals surface area contributed by atoms with Crippen molar-refractivity contribution in [2.45, 2.75) is 51.1 Å². The van der Waals surface area contributed by atoms with Crippen LogP contribution in [-0.4, -0.2) is 54.5 Å². The van der Waals surface area contributed by atoms with Gasteiger partial charge in [0.05, 0.1) is 18.7 Å². The van der Waals surface area contributed by atoms with E-state index in [0.717, 1.165) is 12.8 Å². The van der Waals surface area contributed by atoms with Crippen LogP contribution in [0.2, 0.25) is 0 Å². The minimum Gasteiger partial charge on any atom is -0.349 e. The number of piperidine rings is 1. The van der Waals surface area contributed by atoms with Gasteiger partial charge in [0.15, 0.2) is 0 Å². The van der Waals surface area contributed by atoms with Gasteiger partial charge in [-0.25, -0.2) is 9.97 Å². The van der Waals surface area contributed by atoms with Gasteiger partial charge in [-0.05, 0) is 19.3 Å². The molecule has 1 aliphatic heterocycles. The first kappa shape index (κ1) is 17.6. The Kier molecular flexibility index (Phi) is 5.08. The van der Waals surface area contributed by atoms with Crippen LogP contribution in [0.5, 0.6) is 0 Å². The first-order chi connectivity index (χ1) is 13.2. The molecule has 2 aromatic rings. The summed E-state index contributed by atoms with van der Waals surface area (Å²) in [6.07, 6.45) is 10.3. The molecule has 0 bridgehead atoms. The lowest BCUT2D eigenvalue weighted by atomic mass is 9.95. The number of aromatic nitrogens is 5. The molecule has 1 unspecified atom stereocenters. The maximum absolute atomic E-state index is 12.6. The molecule has 0 radical (unpaired) electrons. The fraction of sp³-hybridized carbons (Fsp3) is 0.556. The smallest absolute Gasteiger partial charge is 0.225 e. The van der Waals surface area contributed by atoms with Gasteiger partial charge in [-0.1, -0.05) is 12.8 Å². The zero-order valence-corrected chi connectivity index (χ0v) is 15.1. The first-order valence-corrected chi connectivity index (χ1v) is 9.45. The maximum atomic E-state index is 12.6. The molecule has 1 saturated heterocycles. The van der Waals surface area contributed by atoms with Crippen molar-refractivity contribution in [2.24, 2.45) is 5.92 Å². The van der Waals surface area contributed by atoms with Crippen molar-refractivity contribution in [1.82, 2.24) is 35.4 Å². The summed E-state index contributed by atoms with van der Waals surface area (Å²) in [6.45, 7) is 0.788. The number of H-pyrrole nitrogens is 1.